The number of nitrogens with zero attached hydrogens (tertiary/aromatic N) is 2. The standard InChI is InChI=1S/C24H23N3O4/c1-16-6-5-12-25-20(16)11-13-26-24(28)21-14-17(31-27-21)15-30-23-10-9-22(29-2)18-7-3-4-8-19(18)23/h3-10,12,14H,11,13,15H2,1-2H3,(H,26,28). The molecule has 0 atom stereocenters. The van der Waals surface area contributed by atoms with Gasteiger partial charge >= 0.3 is 0 Å². The molecule has 0 aliphatic rings. The van der Waals surface area contributed by atoms with Crippen molar-refractivity contribution in [3.05, 3.63) is 83.5 Å². The van der Waals surface area contributed by atoms with E-state index in [1.807, 2.05) is 55.5 Å². The molecule has 2 aromatic carbocycles. The topological polar surface area (TPSA) is 86.5 Å². The summed E-state index contributed by atoms with van der Waals surface area (Å²) in [7, 11) is 1.64. The van der Waals surface area contributed by atoms with Crippen LogP contribution in [0.4, 0.5) is 0 Å². The largest absolute Gasteiger partial charge is 0.496 e. The van der Waals surface area contributed by atoms with Gasteiger partial charge in [-0.05, 0) is 30.7 Å². The molecule has 1 N–H and O–H groups in total. The number of fused-ring (bicyclic) bond motifs is 1. The van der Waals surface area contributed by atoms with Gasteiger partial charge in [0.1, 0.15) is 18.1 Å². The van der Waals surface area contributed by atoms with Gasteiger partial charge in [0.05, 0.1) is 7.11 Å². The monoisotopic (exact) mass is 417 g/mol. The third kappa shape index (κ3) is 4.66. The third-order valence-corrected chi connectivity index (χ3v) is 4.99. The number of methoxy groups -OCH3 is 1. The van der Waals surface area contributed by atoms with Crippen molar-refractivity contribution in [2.45, 2.75) is 20.0 Å². The summed E-state index contributed by atoms with van der Waals surface area (Å²) < 4.78 is 16.6. The zero-order valence-corrected chi connectivity index (χ0v) is 17.4. The van der Waals surface area contributed by atoms with E-state index in [4.69, 9.17) is 14.0 Å². The molecule has 0 aliphatic heterocycles. The van der Waals surface area contributed by atoms with Crippen LogP contribution in [0, 0.1) is 6.92 Å². The zero-order valence-electron chi connectivity index (χ0n) is 17.4. The van der Waals surface area contributed by atoms with Crippen LogP contribution >= 0.6 is 0 Å². The summed E-state index contributed by atoms with van der Waals surface area (Å²) in [5.41, 5.74) is 2.28. The first kappa shape index (κ1) is 20.4. The lowest BCUT2D eigenvalue weighted by molar-refractivity contribution is 0.0944. The zero-order chi connectivity index (χ0) is 21.6. The van der Waals surface area contributed by atoms with Crippen LogP contribution < -0.4 is 14.8 Å². The van der Waals surface area contributed by atoms with Gasteiger partial charge in [0.2, 0.25) is 0 Å². The summed E-state index contributed by atoms with van der Waals surface area (Å²) in [5.74, 6) is 1.65. The highest BCUT2D eigenvalue weighted by atomic mass is 16.5. The van der Waals surface area contributed by atoms with Crippen molar-refractivity contribution >= 4 is 16.7 Å². The fraction of sp³-hybridized carbons (Fsp3) is 0.208. The molecule has 1 amide bonds. The lowest BCUT2D eigenvalue weighted by Gasteiger charge is -2.10. The van der Waals surface area contributed by atoms with Crippen molar-refractivity contribution in [1.29, 1.82) is 0 Å². The summed E-state index contributed by atoms with van der Waals surface area (Å²) in [5, 5.41) is 8.60. The van der Waals surface area contributed by atoms with Crippen LogP contribution in [0.1, 0.15) is 27.5 Å². The van der Waals surface area contributed by atoms with E-state index >= 15 is 0 Å². The van der Waals surface area contributed by atoms with E-state index in [9.17, 15) is 4.79 Å². The molecule has 0 aliphatic carbocycles. The molecule has 0 radical (unpaired) electrons. The maximum Gasteiger partial charge on any atom is 0.273 e. The SMILES string of the molecule is COc1ccc(OCc2cc(C(=O)NCCc3ncccc3C)no2)c2ccccc12. The van der Waals surface area contributed by atoms with E-state index < -0.39 is 0 Å². The first-order valence-corrected chi connectivity index (χ1v) is 9.98. The molecule has 7 heteroatoms. The molecule has 2 heterocycles. The van der Waals surface area contributed by atoms with E-state index in [-0.39, 0.29) is 18.2 Å². The van der Waals surface area contributed by atoms with E-state index in [2.05, 4.69) is 15.5 Å². The average Bonchev–Trinajstić information content (AvgIpc) is 3.28. The molecule has 0 unspecified atom stereocenters. The molecule has 7 nitrogen and oxygen atoms in total. The predicted octanol–water partition coefficient (Wildman–Crippen LogP) is 4.09. The van der Waals surface area contributed by atoms with Crippen LogP contribution in [-0.2, 0) is 13.0 Å². The average molecular weight is 417 g/mol. The van der Waals surface area contributed by atoms with Crippen LogP contribution in [0.15, 0.2) is 65.3 Å². The second-order valence-corrected chi connectivity index (χ2v) is 7.05. The third-order valence-electron chi connectivity index (χ3n) is 4.99. The van der Waals surface area contributed by atoms with Gasteiger partial charge in [-0.1, -0.05) is 35.5 Å². The van der Waals surface area contributed by atoms with Gasteiger partial charge < -0.3 is 19.3 Å². The van der Waals surface area contributed by atoms with Crippen LogP contribution in [0.25, 0.3) is 10.8 Å². The molecule has 2 aromatic heterocycles. The van der Waals surface area contributed by atoms with Gasteiger partial charge in [-0.3, -0.25) is 9.78 Å². The molecule has 4 rings (SSSR count). The molecule has 0 bridgehead atoms. The summed E-state index contributed by atoms with van der Waals surface area (Å²) in [6.07, 6.45) is 2.40. The Labute approximate surface area is 180 Å². The fourth-order valence-corrected chi connectivity index (χ4v) is 3.35. The van der Waals surface area contributed by atoms with Gasteiger partial charge in [0.25, 0.3) is 5.91 Å². The highest BCUT2D eigenvalue weighted by Crippen LogP contribution is 2.33. The molecule has 0 spiro atoms. The first-order valence-electron chi connectivity index (χ1n) is 9.98. The number of benzene rings is 2. The van der Waals surface area contributed by atoms with Gasteiger partial charge in [0.15, 0.2) is 11.5 Å². The normalized spacial score (nSPS) is 10.8. The number of nitrogens with one attached hydrogen (secondary N) is 1. The summed E-state index contributed by atoms with van der Waals surface area (Å²) >= 11 is 0. The Balaban J connectivity index is 1.36. The smallest absolute Gasteiger partial charge is 0.273 e. The first-order chi connectivity index (χ1) is 15.2. The van der Waals surface area contributed by atoms with E-state index in [0.717, 1.165) is 27.8 Å². The number of aryl methyl sites for hydroxylation is 1. The maximum atomic E-state index is 12.3. The molecule has 158 valence electrons. The predicted molar refractivity (Wildman–Crippen MR) is 116 cm³/mol. The number of carbonyl (C=O) groups is 1. The lowest BCUT2D eigenvalue weighted by Crippen LogP contribution is -2.26. The second-order valence-electron chi connectivity index (χ2n) is 7.05. The number of hydrogen-bond donors (Lipinski definition) is 1. The number of pyridine rings is 1. The molecular formula is C24H23N3O4. The molecule has 0 saturated carbocycles. The minimum Gasteiger partial charge on any atom is -0.496 e. The number of hydrogen-bond acceptors (Lipinski definition) is 6. The van der Waals surface area contributed by atoms with E-state index in [1.54, 1.807) is 19.4 Å². The molecule has 4 aromatic rings. The Kier molecular flexibility index (Phi) is 6.12. The van der Waals surface area contributed by atoms with Gasteiger partial charge in [-0.2, -0.15) is 0 Å². The van der Waals surface area contributed by atoms with Crippen molar-refractivity contribution < 1.29 is 18.8 Å². The van der Waals surface area contributed by atoms with Crippen LogP contribution in [0.3, 0.4) is 0 Å². The second kappa shape index (κ2) is 9.30. The minimum atomic E-state index is -0.293. The van der Waals surface area contributed by atoms with E-state index in [1.165, 1.54) is 0 Å². The Morgan fingerprint density at radius 2 is 1.84 bits per heavy atom. The number of aromatic nitrogens is 2. The van der Waals surface area contributed by atoms with Gasteiger partial charge in [-0.25, -0.2) is 0 Å². The van der Waals surface area contributed by atoms with Crippen molar-refractivity contribution in [3.8, 4) is 11.5 Å². The van der Waals surface area contributed by atoms with Crippen LogP contribution in [0.2, 0.25) is 0 Å². The van der Waals surface area contributed by atoms with Crippen molar-refractivity contribution in [3.63, 3.8) is 0 Å². The molecular weight excluding hydrogens is 394 g/mol. The van der Waals surface area contributed by atoms with Crippen LogP contribution in [0.5, 0.6) is 11.5 Å². The summed E-state index contributed by atoms with van der Waals surface area (Å²) in [6, 6.07) is 17.0. The number of ether oxygens (including phenoxy) is 2. The number of rotatable bonds is 8. The van der Waals surface area contributed by atoms with Crippen molar-refractivity contribution in [1.82, 2.24) is 15.5 Å². The molecule has 0 fully saturated rings. The quantitative estimate of drug-likeness (QED) is 0.465. The maximum absolute atomic E-state index is 12.3. The molecule has 31 heavy (non-hydrogen) atoms. The van der Waals surface area contributed by atoms with Crippen molar-refractivity contribution in [2.75, 3.05) is 13.7 Å². The van der Waals surface area contributed by atoms with Crippen molar-refractivity contribution in [2.24, 2.45) is 0 Å². The van der Waals surface area contributed by atoms with Gasteiger partial charge in [0, 0.05) is 41.7 Å². The highest BCUT2D eigenvalue weighted by Gasteiger charge is 2.14. The Hall–Kier alpha value is -3.87. The van der Waals surface area contributed by atoms with E-state index in [0.29, 0.717) is 24.5 Å². The molecule has 0 saturated heterocycles. The summed E-state index contributed by atoms with van der Waals surface area (Å²) in [4.78, 5) is 16.7. The Morgan fingerprint density at radius 3 is 2.61 bits per heavy atom. The lowest BCUT2D eigenvalue weighted by atomic mass is 10.1. The van der Waals surface area contributed by atoms with Gasteiger partial charge in [-0.15, -0.1) is 0 Å². The van der Waals surface area contributed by atoms with Crippen LogP contribution in [-0.4, -0.2) is 29.7 Å². The number of amides is 1. The highest BCUT2D eigenvalue weighted by molar-refractivity contribution is 5.93. The Bertz CT molecular complexity index is 1200. The fourth-order valence-electron chi connectivity index (χ4n) is 3.35. The summed E-state index contributed by atoms with van der Waals surface area (Å²) in [6.45, 7) is 2.62. The Morgan fingerprint density at radius 1 is 1.06 bits per heavy atom. The minimum absolute atomic E-state index is 0.156. The number of carbonyl (C=O) groups excluding carboxylic acids is 1.